The second-order valence-electron chi connectivity index (χ2n) is 3.79. The van der Waals surface area contributed by atoms with Crippen LogP contribution >= 0.6 is 0 Å². The molecule has 1 aromatic rings. The Morgan fingerprint density at radius 1 is 1.41 bits per heavy atom. The van der Waals surface area contributed by atoms with Gasteiger partial charge in [-0.05, 0) is 19.4 Å². The molecule has 0 saturated carbocycles. The molecule has 0 aromatic heterocycles. The predicted octanol–water partition coefficient (Wildman–Crippen LogP) is 2.67. The largest absolute Gasteiger partial charge is 0.496 e. The van der Waals surface area contributed by atoms with Gasteiger partial charge in [-0.1, -0.05) is 31.2 Å². The zero-order valence-corrected chi connectivity index (χ0v) is 10.6. The van der Waals surface area contributed by atoms with Gasteiger partial charge in [-0.3, -0.25) is 4.79 Å². The van der Waals surface area contributed by atoms with E-state index in [4.69, 9.17) is 4.74 Å². The maximum absolute atomic E-state index is 11.7. The average Bonchev–Trinajstić information content (AvgIpc) is 2.36. The van der Waals surface area contributed by atoms with E-state index < -0.39 is 0 Å². The predicted molar refractivity (Wildman–Crippen MR) is 68.9 cm³/mol. The summed E-state index contributed by atoms with van der Waals surface area (Å²) in [5, 5.41) is 2.87. The third kappa shape index (κ3) is 3.94. The molecule has 92 valence electrons. The number of methoxy groups -OCH3 is 1. The molecule has 0 spiro atoms. The Bertz CT molecular complexity index is 410. The van der Waals surface area contributed by atoms with Crippen LogP contribution in [0.2, 0.25) is 0 Å². The number of ether oxygens (including phenoxy) is 1. The van der Waals surface area contributed by atoms with Crippen LogP contribution in [-0.4, -0.2) is 13.0 Å². The monoisotopic (exact) mass is 233 g/mol. The lowest BCUT2D eigenvalue weighted by Crippen LogP contribution is -2.23. The normalized spacial score (nSPS) is 11.1. The van der Waals surface area contributed by atoms with Crippen molar-refractivity contribution in [2.45, 2.75) is 26.8 Å². The lowest BCUT2D eigenvalue weighted by Gasteiger charge is -2.09. The van der Waals surface area contributed by atoms with Crippen LogP contribution in [0.3, 0.4) is 0 Å². The van der Waals surface area contributed by atoms with Crippen molar-refractivity contribution in [1.82, 2.24) is 5.32 Å². The van der Waals surface area contributed by atoms with Crippen molar-refractivity contribution in [3.63, 3.8) is 0 Å². The van der Waals surface area contributed by atoms with E-state index in [1.54, 1.807) is 7.11 Å². The number of carbonyl (C=O) groups excluding carboxylic acids is 1. The first-order valence-corrected chi connectivity index (χ1v) is 5.75. The van der Waals surface area contributed by atoms with E-state index in [9.17, 15) is 4.79 Å². The standard InChI is InChI=1S/C14H19NO2/c1-4-7-11(2)14(16)15-10-12-8-5-6-9-13(12)17-3/h5-9H,4,10H2,1-3H3,(H,15,16). The van der Waals surface area contributed by atoms with Gasteiger partial charge in [0.25, 0.3) is 0 Å². The highest BCUT2D eigenvalue weighted by Gasteiger charge is 2.05. The molecule has 0 radical (unpaired) electrons. The molecule has 0 bridgehead atoms. The molecule has 0 fully saturated rings. The molecule has 0 saturated heterocycles. The smallest absolute Gasteiger partial charge is 0.246 e. The van der Waals surface area contributed by atoms with Crippen molar-refractivity contribution in [2.75, 3.05) is 7.11 Å². The molecule has 3 heteroatoms. The minimum absolute atomic E-state index is 0.0299. The molecule has 0 aliphatic rings. The average molecular weight is 233 g/mol. The molecule has 1 amide bonds. The maximum atomic E-state index is 11.7. The lowest BCUT2D eigenvalue weighted by atomic mass is 10.2. The Hall–Kier alpha value is -1.77. The summed E-state index contributed by atoms with van der Waals surface area (Å²) in [5.41, 5.74) is 1.73. The second-order valence-corrected chi connectivity index (χ2v) is 3.79. The number of rotatable bonds is 5. The molecule has 0 aliphatic heterocycles. The fourth-order valence-electron chi connectivity index (χ4n) is 1.56. The van der Waals surface area contributed by atoms with Gasteiger partial charge < -0.3 is 10.1 Å². The van der Waals surface area contributed by atoms with Crippen molar-refractivity contribution in [3.8, 4) is 5.75 Å². The minimum atomic E-state index is -0.0299. The first kappa shape index (κ1) is 13.3. The highest BCUT2D eigenvalue weighted by molar-refractivity contribution is 5.92. The summed E-state index contributed by atoms with van der Waals surface area (Å²) < 4.78 is 5.22. The number of hydrogen-bond acceptors (Lipinski definition) is 2. The Kier molecular flexibility index (Phi) is 5.27. The van der Waals surface area contributed by atoms with Crippen molar-refractivity contribution in [3.05, 3.63) is 41.5 Å². The number of para-hydroxylation sites is 1. The molecule has 0 unspecified atom stereocenters. The minimum Gasteiger partial charge on any atom is -0.496 e. The summed E-state index contributed by atoms with van der Waals surface area (Å²) in [6, 6.07) is 7.67. The third-order valence-corrected chi connectivity index (χ3v) is 2.50. The number of benzene rings is 1. The fourth-order valence-corrected chi connectivity index (χ4v) is 1.56. The van der Waals surface area contributed by atoms with Crippen LogP contribution in [0.25, 0.3) is 0 Å². The molecule has 1 N–H and O–H groups in total. The number of hydrogen-bond donors (Lipinski definition) is 1. The molecule has 1 aromatic carbocycles. The summed E-state index contributed by atoms with van der Waals surface area (Å²) in [6.45, 7) is 4.32. The quantitative estimate of drug-likeness (QED) is 0.794. The molecular formula is C14H19NO2. The highest BCUT2D eigenvalue weighted by Crippen LogP contribution is 2.16. The number of amides is 1. The summed E-state index contributed by atoms with van der Waals surface area (Å²) in [6.07, 6.45) is 2.78. The zero-order valence-electron chi connectivity index (χ0n) is 10.6. The Balaban J connectivity index is 2.61. The van der Waals surface area contributed by atoms with Crippen LogP contribution in [0.4, 0.5) is 0 Å². The van der Waals surface area contributed by atoms with E-state index in [1.807, 2.05) is 44.2 Å². The van der Waals surface area contributed by atoms with Gasteiger partial charge in [-0.15, -0.1) is 0 Å². The maximum Gasteiger partial charge on any atom is 0.246 e. The van der Waals surface area contributed by atoms with Gasteiger partial charge in [-0.2, -0.15) is 0 Å². The van der Waals surface area contributed by atoms with Gasteiger partial charge in [-0.25, -0.2) is 0 Å². The van der Waals surface area contributed by atoms with E-state index in [-0.39, 0.29) is 5.91 Å². The molecule has 0 aliphatic carbocycles. The summed E-state index contributed by atoms with van der Waals surface area (Å²) in [4.78, 5) is 11.7. The third-order valence-electron chi connectivity index (χ3n) is 2.50. The Labute approximate surface area is 102 Å². The summed E-state index contributed by atoms with van der Waals surface area (Å²) in [5.74, 6) is 0.766. The Morgan fingerprint density at radius 3 is 2.76 bits per heavy atom. The van der Waals surface area contributed by atoms with Gasteiger partial charge in [0.05, 0.1) is 7.11 Å². The molecule has 1 rings (SSSR count). The van der Waals surface area contributed by atoms with Crippen molar-refractivity contribution in [1.29, 1.82) is 0 Å². The first-order chi connectivity index (χ1) is 8.19. The van der Waals surface area contributed by atoms with Crippen molar-refractivity contribution in [2.24, 2.45) is 0 Å². The van der Waals surface area contributed by atoms with Crippen LogP contribution in [0, 0.1) is 0 Å². The number of carbonyl (C=O) groups is 1. The summed E-state index contributed by atoms with van der Waals surface area (Å²) in [7, 11) is 1.63. The Morgan fingerprint density at radius 2 is 2.12 bits per heavy atom. The van der Waals surface area contributed by atoms with Crippen LogP contribution in [-0.2, 0) is 11.3 Å². The first-order valence-electron chi connectivity index (χ1n) is 5.75. The van der Waals surface area contributed by atoms with E-state index in [0.29, 0.717) is 6.54 Å². The molecule has 17 heavy (non-hydrogen) atoms. The van der Waals surface area contributed by atoms with E-state index in [2.05, 4.69) is 5.32 Å². The van der Waals surface area contributed by atoms with E-state index in [0.717, 1.165) is 23.3 Å². The second kappa shape index (κ2) is 6.74. The van der Waals surface area contributed by atoms with Gasteiger partial charge >= 0.3 is 0 Å². The zero-order chi connectivity index (χ0) is 12.7. The topological polar surface area (TPSA) is 38.3 Å². The molecular weight excluding hydrogens is 214 g/mol. The van der Waals surface area contributed by atoms with Gasteiger partial charge in [0.1, 0.15) is 5.75 Å². The number of nitrogens with one attached hydrogen (secondary N) is 1. The van der Waals surface area contributed by atoms with Crippen LogP contribution < -0.4 is 10.1 Å². The van der Waals surface area contributed by atoms with Crippen molar-refractivity contribution >= 4 is 5.91 Å². The SMILES string of the molecule is CCC=C(C)C(=O)NCc1ccccc1OC. The molecule has 0 heterocycles. The van der Waals surface area contributed by atoms with E-state index in [1.165, 1.54) is 0 Å². The van der Waals surface area contributed by atoms with Crippen LogP contribution in [0.15, 0.2) is 35.9 Å². The van der Waals surface area contributed by atoms with Crippen LogP contribution in [0.5, 0.6) is 5.75 Å². The lowest BCUT2D eigenvalue weighted by molar-refractivity contribution is -0.117. The fraction of sp³-hybridized carbons (Fsp3) is 0.357. The van der Waals surface area contributed by atoms with Crippen LogP contribution in [0.1, 0.15) is 25.8 Å². The highest BCUT2D eigenvalue weighted by atomic mass is 16.5. The van der Waals surface area contributed by atoms with Gasteiger partial charge in [0.2, 0.25) is 5.91 Å². The van der Waals surface area contributed by atoms with Gasteiger partial charge in [0.15, 0.2) is 0 Å². The number of allylic oxidation sites excluding steroid dienone is 1. The van der Waals surface area contributed by atoms with E-state index >= 15 is 0 Å². The van der Waals surface area contributed by atoms with Gasteiger partial charge in [0, 0.05) is 17.7 Å². The summed E-state index contributed by atoms with van der Waals surface area (Å²) >= 11 is 0. The van der Waals surface area contributed by atoms with Crippen molar-refractivity contribution < 1.29 is 9.53 Å². The molecule has 0 atom stereocenters. The molecule has 3 nitrogen and oxygen atoms in total.